The zero-order valence-corrected chi connectivity index (χ0v) is 12.6. The predicted molar refractivity (Wildman–Crippen MR) is 81.4 cm³/mol. The molecule has 20 heavy (non-hydrogen) atoms. The first-order valence-corrected chi connectivity index (χ1v) is 7.47. The summed E-state index contributed by atoms with van der Waals surface area (Å²) in [6, 6.07) is 8.14. The summed E-state index contributed by atoms with van der Waals surface area (Å²) in [4.78, 5) is 19.8. The van der Waals surface area contributed by atoms with E-state index in [1.165, 1.54) is 5.56 Å². The van der Waals surface area contributed by atoms with Gasteiger partial charge < -0.3 is 10.1 Å². The van der Waals surface area contributed by atoms with Crippen molar-refractivity contribution in [2.24, 2.45) is 0 Å². The number of aromatic nitrogens is 2. The number of thioether (sulfide) groups is 1. The number of nitrogens with zero attached hydrogens (tertiary/aromatic N) is 1. The van der Waals surface area contributed by atoms with Crippen LogP contribution in [-0.2, 0) is 5.75 Å². The van der Waals surface area contributed by atoms with Gasteiger partial charge in [-0.3, -0.25) is 4.79 Å². The van der Waals surface area contributed by atoms with E-state index < -0.39 is 0 Å². The molecule has 2 N–H and O–H groups in total. The Balaban J connectivity index is 2.15. The highest BCUT2D eigenvalue weighted by Crippen LogP contribution is 2.23. The second-order valence-corrected chi connectivity index (χ2v) is 6.06. The normalized spacial score (nSPS) is 11.0. The third-order valence-electron chi connectivity index (χ3n) is 2.96. The fourth-order valence-corrected chi connectivity index (χ4v) is 2.66. The van der Waals surface area contributed by atoms with Crippen LogP contribution in [0.4, 0.5) is 0 Å². The smallest absolute Gasteiger partial charge is 0.258 e. The van der Waals surface area contributed by atoms with Crippen LogP contribution in [0.1, 0.15) is 36.7 Å². The van der Waals surface area contributed by atoms with Gasteiger partial charge in [0, 0.05) is 4.90 Å². The lowest BCUT2D eigenvalue weighted by molar-refractivity contribution is 0.437. The maximum absolute atomic E-state index is 11.9. The van der Waals surface area contributed by atoms with Gasteiger partial charge in [0.1, 0.15) is 5.82 Å². The van der Waals surface area contributed by atoms with Gasteiger partial charge in [-0.25, -0.2) is 0 Å². The number of aromatic amines is 1. The Kier molecular flexibility index (Phi) is 4.49. The molecule has 0 aliphatic carbocycles. The van der Waals surface area contributed by atoms with Gasteiger partial charge in [-0.1, -0.05) is 31.5 Å². The second kappa shape index (κ2) is 6.13. The molecule has 0 spiro atoms. The van der Waals surface area contributed by atoms with E-state index in [1.54, 1.807) is 11.8 Å². The Hall–Kier alpha value is -1.75. The van der Waals surface area contributed by atoms with Gasteiger partial charge in [-0.2, -0.15) is 4.98 Å². The van der Waals surface area contributed by atoms with Gasteiger partial charge in [0.05, 0.1) is 11.3 Å². The molecule has 5 heteroatoms. The van der Waals surface area contributed by atoms with Crippen LogP contribution in [0.5, 0.6) is 5.88 Å². The summed E-state index contributed by atoms with van der Waals surface area (Å²) < 4.78 is 0. The predicted octanol–water partition coefficient (Wildman–Crippen LogP) is 3.20. The molecule has 0 saturated heterocycles. The summed E-state index contributed by atoms with van der Waals surface area (Å²) in [7, 11) is 0. The number of hydrogen-bond donors (Lipinski definition) is 2. The molecule has 0 amide bonds. The lowest BCUT2D eigenvalue weighted by Gasteiger charge is -2.08. The molecule has 0 fully saturated rings. The molecule has 0 atom stereocenters. The summed E-state index contributed by atoms with van der Waals surface area (Å²) >= 11 is 1.57. The highest BCUT2D eigenvalue weighted by Gasteiger charge is 2.13. The molecule has 0 unspecified atom stereocenters. The van der Waals surface area contributed by atoms with E-state index in [2.05, 4.69) is 9.97 Å². The summed E-state index contributed by atoms with van der Waals surface area (Å²) in [5, 5.41) is 9.84. The fraction of sp³-hybridized carbons (Fsp3) is 0.333. The van der Waals surface area contributed by atoms with Crippen molar-refractivity contribution >= 4 is 11.8 Å². The topological polar surface area (TPSA) is 66.0 Å². The largest absolute Gasteiger partial charge is 0.493 e. The average Bonchev–Trinajstić information content (AvgIpc) is 2.37. The molecule has 2 rings (SSSR count). The minimum atomic E-state index is -0.257. The standard InChI is InChI=1S/C15H18N2O2S/c1-9(2)13-14(18)16-12(17-15(13)19)8-20-11-6-4-10(3)5-7-11/h4-7,9H,8H2,1-3H3,(H2,16,17,18,19). The highest BCUT2D eigenvalue weighted by atomic mass is 32.2. The summed E-state index contributed by atoms with van der Waals surface area (Å²) in [5.74, 6) is 0.792. The number of hydrogen-bond acceptors (Lipinski definition) is 4. The van der Waals surface area contributed by atoms with Crippen molar-refractivity contribution in [1.29, 1.82) is 0 Å². The molecule has 0 aliphatic rings. The van der Waals surface area contributed by atoms with E-state index >= 15 is 0 Å². The molecule has 4 nitrogen and oxygen atoms in total. The molecule has 0 radical (unpaired) electrons. The van der Waals surface area contributed by atoms with Crippen molar-refractivity contribution in [3.05, 3.63) is 51.6 Å². The Labute approximate surface area is 122 Å². The molecule has 1 heterocycles. The average molecular weight is 290 g/mol. The van der Waals surface area contributed by atoms with E-state index in [1.807, 2.05) is 45.0 Å². The molecule has 1 aromatic heterocycles. The zero-order valence-electron chi connectivity index (χ0n) is 11.8. The Morgan fingerprint density at radius 2 is 1.95 bits per heavy atom. The van der Waals surface area contributed by atoms with Crippen LogP contribution in [0.3, 0.4) is 0 Å². The lowest BCUT2D eigenvalue weighted by atomic mass is 10.1. The van der Waals surface area contributed by atoms with Gasteiger partial charge >= 0.3 is 0 Å². The number of aryl methyl sites for hydroxylation is 1. The van der Waals surface area contributed by atoms with Crippen LogP contribution < -0.4 is 5.56 Å². The van der Waals surface area contributed by atoms with E-state index in [4.69, 9.17) is 0 Å². The SMILES string of the molecule is Cc1ccc(SCc2nc(O)c(C(C)C)c(=O)[nH]2)cc1. The summed E-state index contributed by atoms with van der Waals surface area (Å²) in [5.41, 5.74) is 1.29. The molecule has 0 aliphatic heterocycles. The van der Waals surface area contributed by atoms with Crippen molar-refractivity contribution in [1.82, 2.24) is 9.97 Å². The minimum absolute atomic E-state index is 0.0509. The van der Waals surface area contributed by atoms with Gasteiger partial charge in [0.2, 0.25) is 5.88 Å². The third-order valence-corrected chi connectivity index (χ3v) is 3.98. The first-order chi connectivity index (χ1) is 9.47. The number of H-pyrrole nitrogens is 1. The number of rotatable bonds is 4. The van der Waals surface area contributed by atoms with E-state index in [9.17, 15) is 9.90 Å². The summed E-state index contributed by atoms with van der Waals surface area (Å²) in [6.45, 7) is 5.75. The van der Waals surface area contributed by atoms with E-state index in [-0.39, 0.29) is 17.4 Å². The van der Waals surface area contributed by atoms with Crippen LogP contribution >= 0.6 is 11.8 Å². The quantitative estimate of drug-likeness (QED) is 0.849. The Bertz CT molecular complexity index is 648. The molecular weight excluding hydrogens is 272 g/mol. The van der Waals surface area contributed by atoms with Crippen LogP contribution in [0, 0.1) is 6.92 Å². The van der Waals surface area contributed by atoms with E-state index in [0.717, 1.165) is 4.90 Å². The van der Waals surface area contributed by atoms with Crippen LogP contribution in [0.15, 0.2) is 34.0 Å². The second-order valence-electron chi connectivity index (χ2n) is 5.01. The molecule has 0 bridgehead atoms. The first kappa shape index (κ1) is 14.7. The maximum atomic E-state index is 11.9. The van der Waals surface area contributed by atoms with E-state index in [0.29, 0.717) is 17.1 Å². The molecule has 0 saturated carbocycles. The zero-order chi connectivity index (χ0) is 14.7. The molecular formula is C15H18N2O2S. The van der Waals surface area contributed by atoms with Crippen molar-refractivity contribution in [2.45, 2.75) is 37.3 Å². The Morgan fingerprint density at radius 1 is 1.30 bits per heavy atom. The first-order valence-electron chi connectivity index (χ1n) is 6.49. The van der Waals surface area contributed by atoms with Crippen molar-refractivity contribution in [3.8, 4) is 5.88 Å². The highest BCUT2D eigenvalue weighted by molar-refractivity contribution is 7.98. The third kappa shape index (κ3) is 3.42. The molecule has 1 aromatic carbocycles. The van der Waals surface area contributed by atoms with Crippen LogP contribution in [0.25, 0.3) is 0 Å². The van der Waals surface area contributed by atoms with Crippen molar-refractivity contribution in [2.75, 3.05) is 0 Å². The monoisotopic (exact) mass is 290 g/mol. The maximum Gasteiger partial charge on any atom is 0.258 e. The number of aromatic hydroxyl groups is 1. The van der Waals surface area contributed by atoms with Gasteiger partial charge in [-0.15, -0.1) is 11.8 Å². The van der Waals surface area contributed by atoms with Crippen molar-refractivity contribution in [3.63, 3.8) is 0 Å². The summed E-state index contributed by atoms with van der Waals surface area (Å²) in [6.07, 6.45) is 0. The van der Waals surface area contributed by atoms with Gasteiger partial charge in [0.15, 0.2) is 0 Å². The number of benzene rings is 1. The van der Waals surface area contributed by atoms with Crippen LogP contribution in [-0.4, -0.2) is 15.1 Å². The van der Waals surface area contributed by atoms with Crippen LogP contribution in [0.2, 0.25) is 0 Å². The fourth-order valence-electron chi connectivity index (χ4n) is 1.89. The van der Waals surface area contributed by atoms with Gasteiger partial charge in [0.25, 0.3) is 5.56 Å². The molecule has 2 aromatic rings. The van der Waals surface area contributed by atoms with Gasteiger partial charge in [-0.05, 0) is 25.0 Å². The molecule has 106 valence electrons. The Morgan fingerprint density at radius 3 is 2.50 bits per heavy atom. The van der Waals surface area contributed by atoms with Crippen molar-refractivity contribution < 1.29 is 5.11 Å². The minimum Gasteiger partial charge on any atom is -0.493 e. The lowest BCUT2D eigenvalue weighted by Crippen LogP contribution is -2.17. The number of nitrogens with one attached hydrogen (secondary N) is 1.